The van der Waals surface area contributed by atoms with Crippen molar-refractivity contribution in [3.8, 4) is 11.5 Å². The van der Waals surface area contributed by atoms with Crippen molar-refractivity contribution in [2.75, 3.05) is 20.8 Å². The van der Waals surface area contributed by atoms with E-state index in [1.165, 1.54) is 6.08 Å². The molecule has 1 aliphatic rings. The van der Waals surface area contributed by atoms with Gasteiger partial charge in [-0.05, 0) is 31.6 Å². The summed E-state index contributed by atoms with van der Waals surface area (Å²) in [4.78, 5) is 23.6. The van der Waals surface area contributed by atoms with E-state index in [0.717, 1.165) is 5.56 Å². The number of carbonyl (C=O) groups excluding carboxylic acids is 2. The van der Waals surface area contributed by atoms with E-state index in [1.54, 1.807) is 33.3 Å². The first-order chi connectivity index (χ1) is 10.6. The Kier molecular flexibility index (Phi) is 5.20. The van der Waals surface area contributed by atoms with Crippen LogP contribution in [-0.4, -0.2) is 32.6 Å². The third-order valence-corrected chi connectivity index (χ3v) is 3.61. The Balaban J connectivity index is 2.04. The molecule has 0 aromatic heterocycles. The quantitative estimate of drug-likeness (QED) is 0.572. The van der Waals surface area contributed by atoms with Crippen LogP contribution in [0.1, 0.15) is 18.9 Å². The molecule has 2 atom stereocenters. The highest BCUT2D eigenvalue weighted by Crippen LogP contribution is 2.41. The smallest absolute Gasteiger partial charge is 0.309 e. The molecular formula is C17H20O5. The van der Waals surface area contributed by atoms with Crippen LogP contribution in [0.2, 0.25) is 0 Å². The van der Waals surface area contributed by atoms with E-state index in [2.05, 4.69) is 0 Å². The molecule has 22 heavy (non-hydrogen) atoms. The molecule has 1 aromatic rings. The Hall–Kier alpha value is -2.30. The van der Waals surface area contributed by atoms with Gasteiger partial charge >= 0.3 is 5.97 Å². The topological polar surface area (TPSA) is 61.8 Å². The summed E-state index contributed by atoms with van der Waals surface area (Å²) in [5.74, 6) is 0.284. The summed E-state index contributed by atoms with van der Waals surface area (Å²) in [6.45, 7) is 2.10. The molecule has 118 valence electrons. The second-order valence-electron chi connectivity index (χ2n) is 5.02. The van der Waals surface area contributed by atoms with E-state index < -0.39 is 0 Å². The lowest BCUT2D eigenvalue weighted by Gasteiger charge is -2.09. The Labute approximate surface area is 129 Å². The molecule has 0 amide bonds. The lowest BCUT2D eigenvalue weighted by Crippen LogP contribution is -2.10. The van der Waals surface area contributed by atoms with Crippen molar-refractivity contribution >= 4 is 17.8 Å². The molecule has 0 unspecified atom stereocenters. The minimum atomic E-state index is -0.288. The molecule has 5 nitrogen and oxygen atoms in total. The van der Waals surface area contributed by atoms with Gasteiger partial charge in [-0.25, -0.2) is 0 Å². The first-order valence-electron chi connectivity index (χ1n) is 7.21. The number of para-hydroxylation sites is 1. The Morgan fingerprint density at radius 1 is 1.23 bits per heavy atom. The third kappa shape index (κ3) is 3.47. The molecule has 0 N–H and O–H groups in total. The summed E-state index contributed by atoms with van der Waals surface area (Å²) in [6, 6.07) is 5.45. The van der Waals surface area contributed by atoms with Gasteiger partial charge in [-0.15, -0.1) is 0 Å². The molecule has 1 saturated carbocycles. The maximum Gasteiger partial charge on any atom is 0.309 e. The first-order valence-corrected chi connectivity index (χ1v) is 7.21. The molecule has 1 aromatic carbocycles. The van der Waals surface area contributed by atoms with Crippen molar-refractivity contribution in [2.45, 2.75) is 13.3 Å². The van der Waals surface area contributed by atoms with Crippen LogP contribution in [0.3, 0.4) is 0 Å². The van der Waals surface area contributed by atoms with E-state index >= 15 is 0 Å². The number of rotatable bonds is 7. The Morgan fingerprint density at radius 3 is 2.64 bits per heavy atom. The summed E-state index contributed by atoms with van der Waals surface area (Å²) in [5.41, 5.74) is 0.753. The summed E-state index contributed by atoms with van der Waals surface area (Å²) in [6.07, 6.45) is 3.74. The average molecular weight is 304 g/mol. The number of benzene rings is 1. The van der Waals surface area contributed by atoms with Crippen LogP contribution >= 0.6 is 0 Å². The Morgan fingerprint density at radius 2 is 2.00 bits per heavy atom. The average Bonchev–Trinajstić information content (AvgIpc) is 3.33. The van der Waals surface area contributed by atoms with Gasteiger partial charge in [0.1, 0.15) is 0 Å². The van der Waals surface area contributed by atoms with Gasteiger partial charge in [0.2, 0.25) is 0 Å². The monoisotopic (exact) mass is 304 g/mol. The van der Waals surface area contributed by atoms with Gasteiger partial charge < -0.3 is 14.2 Å². The molecule has 0 bridgehead atoms. The SMILES string of the molecule is CCOC(=O)[C@H]1C[C@@H]1C(=O)/C=C/c1cccc(OC)c1OC. The zero-order valence-electron chi connectivity index (χ0n) is 13.0. The molecule has 0 spiro atoms. The van der Waals surface area contributed by atoms with Crippen LogP contribution in [0.4, 0.5) is 0 Å². The van der Waals surface area contributed by atoms with Gasteiger partial charge in [-0.3, -0.25) is 9.59 Å². The zero-order chi connectivity index (χ0) is 16.1. The molecule has 1 aliphatic carbocycles. The second-order valence-corrected chi connectivity index (χ2v) is 5.02. The van der Waals surface area contributed by atoms with Crippen LogP contribution in [0, 0.1) is 11.8 Å². The van der Waals surface area contributed by atoms with Crippen molar-refractivity contribution in [2.24, 2.45) is 11.8 Å². The normalized spacial score (nSPS) is 19.8. The molecule has 0 radical (unpaired) electrons. The summed E-state index contributed by atoms with van der Waals surface area (Å²) < 4.78 is 15.4. The minimum absolute atomic E-state index is 0.0667. The fraction of sp³-hybridized carbons (Fsp3) is 0.412. The van der Waals surface area contributed by atoms with Gasteiger partial charge in [-0.1, -0.05) is 12.1 Å². The van der Waals surface area contributed by atoms with Gasteiger partial charge in [-0.2, -0.15) is 0 Å². The van der Waals surface area contributed by atoms with Crippen LogP contribution in [0.25, 0.3) is 6.08 Å². The van der Waals surface area contributed by atoms with E-state index in [-0.39, 0.29) is 23.6 Å². The molecule has 2 rings (SSSR count). The standard InChI is InChI=1S/C17H20O5/c1-4-22-17(19)13-10-12(13)14(18)9-8-11-6-5-7-15(20-2)16(11)21-3/h5-9,12-13H,4,10H2,1-3H3/b9-8+/t12-,13-/m0/s1. The molecule has 0 aliphatic heterocycles. The lowest BCUT2D eigenvalue weighted by molar-refractivity contribution is -0.145. The number of ketones is 1. The van der Waals surface area contributed by atoms with Crippen LogP contribution in [0.5, 0.6) is 11.5 Å². The van der Waals surface area contributed by atoms with Crippen molar-refractivity contribution in [1.29, 1.82) is 0 Å². The largest absolute Gasteiger partial charge is 0.493 e. The van der Waals surface area contributed by atoms with Crippen LogP contribution in [0.15, 0.2) is 24.3 Å². The summed E-state index contributed by atoms with van der Waals surface area (Å²) >= 11 is 0. The highest BCUT2D eigenvalue weighted by atomic mass is 16.5. The number of esters is 1. The van der Waals surface area contributed by atoms with E-state index in [0.29, 0.717) is 24.5 Å². The maximum absolute atomic E-state index is 12.1. The summed E-state index contributed by atoms with van der Waals surface area (Å²) in [7, 11) is 3.11. The highest BCUT2D eigenvalue weighted by Gasteiger charge is 2.47. The number of allylic oxidation sites excluding steroid dienone is 1. The van der Waals surface area contributed by atoms with Crippen molar-refractivity contribution in [3.05, 3.63) is 29.8 Å². The fourth-order valence-corrected chi connectivity index (χ4v) is 2.36. The van der Waals surface area contributed by atoms with Gasteiger partial charge in [0.15, 0.2) is 17.3 Å². The number of methoxy groups -OCH3 is 2. The molecule has 5 heteroatoms. The van der Waals surface area contributed by atoms with Gasteiger partial charge in [0, 0.05) is 11.5 Å². The maximum atomic E-state index is 12.1. The van der Waals surface area contributed by atoms with E-state index in [1.807, 2.05) is 12.1 Å². The number of hydrogen-bond acceptors (Lipinski definition) is 5. The van der Waals surface area contributed by atoms with Crippen molar-refractivity contribution in [1.82, 2.24) is 0 Å². The van der Waals surface area contributed by atoms with E-state index in [4.69, 9.17) is 14.2 Å². The number of ether oxygens (including phenoxy) is 3. The van der Waals surface area contributed by atoms with Gasteiger partial charge in [0.25, 0.3) is 0 Å². The van der Waals surface area contributed by atoms with Crippen LogP contribution in [-0.2, 0) is 14.3 Å². The third-order valence-electron chi connectivity index (χ3n) is 3.61. The molecule has 0 saturated heterocycles. The highest BCUT2D eigenvalue weighted by molar-refractivity contribution is 6.01. The molecule has 0 heterocycles. The number of hydrogen-bond donors (Lipinski definition) is 0. The lowest BCUT2D eigenvalue weighted by atomic mass is 10.1. The van der Waals surface area contributed by atoms with Crippen LogP contribution < -0.4 is 9.47 Å². The molecule has 1 fully saturated rings. The van der Waals surface area contributed by atoms with Crippen molar-refractivity contribution < 1.29 is 23.8 Å². The second kappa shape index (κ2) is 7.11. The van der Waals surface area contributed by atoms with Gasteiger partial charge in [0.05, 0.1) is 26.7 Å². The number of carbonyl (C=O) groups is 2. The molecular weight excluding hydrogens is 284 g/mol. The zero-order valence-corrected chi connectivity index (χ0v) is 13.0. The van der Waals surface area contributed by atoms with E-state index in [9.17, 15) is 9.59 Å². The Bertz CT molecular complexity index is 591. The predicted molar refractivity (Wildman–Crippen MR) is 81.8 cm³/mol. The first kappa shape index (κ1) is 16.1. The summed E-state index contributed by atoms with van der Waals surface area (Å²) in [5, 5.41) is 0. The fourth-order valence-electron chi connectivity index (χ4n) is 2.36. The predicted octanol–water partition coefficient (Wildman–Crippen LogP) is 2.49. The van der Waals surface area contributed by atoms with Crippen molar-refractivity contribution in [3.63, 3.8) is 0 Å². The minimum Gasteiger partial charge on any atom is -0.493 e.